The van der Waals surface area contributed by atoms with Crippen LogP contribution in [0.5, 0.6) is 5.75 Å². The molecule has 0 saturated carbocycles. The van der Waals surface area contributed by atoms with Gasteiger partial charge in [-0.2, -0.15) is 0 Å². The van der Waals surface area contributed by atoms with Gasteiger partial charge < -0.3 is 15.2 Å². The number of anilines is 2. The third-order valence-electron chi connectivity index (χ3n) is 6.48. The van der Waals surface area contributed by atoms with Gasteiger partial charge in [-0.25, -0.2) is 13.2 Å². The van der Waals surface area contributed by atoms with Crippen molar-refractivity contribution in [2.75, 3.05) is 17.1 Å². The van der Waals surface area contributed by atoms with Crippen LogP contribution in [-0.2, 0) is 10.0 Å². The van der Waals surface area contributed by atoms with Crippen LogP contribution in [-0.4, -0.2) is 26.6 Å². The van der Waals surface area contributed by atoms with E-state index in [0.29, 0.717) is 11.4 Å². The molecule has 2 aliphatic rings. The Morgan fingerprint density at radius 3 is 2.62 bits per heavy atom. The first kappa shape index (κ1) is 22.0. The number of hydrogen-bond acceptors (Lipinski definition) is 5. The van der Waals surface area contributed by atoms with Crippen molar-refractivity contribution in [1.29, 1.82) is 0 Å². The second kappa shape index (κ2) is 8.53. The zero-order chi connectivity index (χ0) is 23.9. The van der Waals surface area contributed by atoms with Gasteiger partial charge in [0.1, 0.15) is 5.75 Å². The molecule has 34 heavy (non-hydrogen) atoms. The summed E-state index contributed by atoms with van der Waals surface area (Å²) >= 11 is 0. The molecule has 3 aromatic rings. The highest BCUT2D eigenvalue weighted by molar-refractivity contribution is 7.92. The number of carboxylic acid groups (broad SMARTS) is 1. The molecule has 1 heterocycles. The minimum atomic E-state index is -3.79. The fraction of sp³-hybridized carbons (Fsp3) is 0.192. The van der Waals surface area contributed by atoms with Crippen molar-refractivity contribution in [3.8, 4) is 5.75 Å². The van der Waals surface area contributed by atoms with Crippen molar-refractivity contribution in [3.63, 3.8) is 0 Å². The summed E-state index contributed by atoms with van der Waals surface area (Å²) in [6.07, 6.45) is 5.11. The van der Waals surface area contributed by atoms with E-state index in [0.717, 1.165) is 23.2 Å². The van der Waals surface area contributed by atoms with Crippen molar-refractivity contribution in [1.82, 2.24) is 0 Å². The van der Waals surface area contributed by atoms with Crippen molar-refractivity contribution < 1.29 is 23.1 Å². The average Bonchev–Trinajstić information content (AvgIpc) is 3.33. The van der Waals surface area contributed by atoms with Crippen molar-refractivity contribution in [3.05, 3.63) is 95.6 Å². The van der Waals surface area contributed by atoms with Gasteiger partial charge >= 0.3 is 5.97 Å². The number of hydrogen-bond donors (Lipinski definition) is 3. The number of allylic oxidation sites excluding steroid dienone is 2. The number of carboxylic acids is 1. The maximum Gasteiger partial charge on any atom is 0.335 e. The summed E-state index contributed by atoms with van der Waals surface area (Å²) in [6, 6.07) is 18.8. The first-order chi connectivity index (χ1) is 16.4. The maximum atomic E-state index is 13.1. The van der Waals surface area contributed by atoms with Gasteiger partial charge in [-0.3, -0.25) is 4.72 Å². The van der Waals surface area contributed by atoms with Gasteiger partial charge in [-0.1, -0.05) is 30.4 Å². The number of nitrogens with one attached hydrogen (secondary N) is 2. The number of rotatable bonds is 6. The van der Waals surface area contributed by atoms with Crippen LogP contribution in [0.25, 0.3) is 0 Å². The van der Waals surface area contributed by atoms with Gasteiger partial charge in [0.05, 0.1) is 29.3 Å². The number of ether oxygens (including phenoxy) is 1. The molecule has 0 fully saturated rings. The first-order valence-corrected chi connectivity index (χ1v) is 12.4. The first-order valence-electron chi connectivity index (χ1n) is 10.9. The molecule has 3 N–H and O–H groups in total. The van der Waals surface area contributed by atoms with E-state index in [4.69, 9.17) is 4.74 Å². The number of aromatic carboxylic acids is 1. The van der Waals surface area contributed by atoms with Gasteiger partial charge in [0.2, 0.25) is 0 Å². The molecule has 1 aliphatic heterocycles. The largest absolute Gasteiger partial charge is 0.497 e. The summed E-state index contributed by atoms with van der Waals surface area (Å²) in [6.45, 7) is 0. The lowest BCUT2D eigenvalue weighted by Crippen LogP contribution is -2.29. The van der Waals surface area contributed by atoms with E-state index in [1.807, 2.05) is 12.1 Å². The molecule has 8 heteroatoms. The van der Waals surface area contributed by atoms with E-state index in [-0.39, 0.29) is 28.3 Å². The van der Waals surface area contributed by atoms with Crippen molar-refractivity contribution in [2.24, 2.45) is 5.92 Å². The van der Waals surface area contributed by atoms with Crippen LogP contribution in [0.1, 0.15) is 39.9 Å². The Kier molecular flexibility index (Phi) is 5.53. The van der Waals surface area contributed by atoms with Gasteiger partial charge in [0.25, 0.3) is 10.0 Å². The van der Waals surface area contributed by atoms with Gasteiger partial charge in [0, 0.05) is 17.7 Å². The van der Waals surface area contributed by atoms with Gasteiger partial charge in [-0.15, -0.1) is 0 Å². The van der Waals surface area contributed by atoms with Crippen LogP contribution < -0.4 is 14.8 Å². The van der Waals surface area contributed by atoms with Crippen LogP contribution in [0.4, 0.5) is 11.4 Å². The molecule has 0 saturated heterocycles. The number of benzene rings is 3. The minimum absolute atomic E-state index is 0.00675. The summed E-state index contributed by atoms with van der Waals surface area (Å²) in [5.74, 6) is -0.124. The third-order valence-corrected chi connectivity index (χ3v) is 7.86. The normalized spacial score (nSPS) is 20.7. The lowest BCUT2D eigenvalue weighted by Gasteiger charge is -2.37. The summed E-state index contributed by atoms with van der Waals surface area (Å²) in [5.41, 5.74) is 3.50. The molecule has 1 aliphatic carbocycles. The zero-order valence-electron chi connectivity index (χ0n) is 18.4. The summed E-state index contributed by atoms with van der Waals surface area (Å²) in [7, 11) is -2.26. The number of carbonyl (C=O) groups is 1. The SMILES string of the molecule is COc1cccc(NS(=O)(=O)c2ccc3c(c2)[C@H]2C=CC[C@@H]2[C@H](c2ccc(C(=O)O)cc2)N3)c1. The Labute approximate surface area is 198 Å². The molecular weight excluding hydrogens is 452 g/mol. The lowest BCUT2D eigenvalue weighted by atomic mass is 9.77. The zero-order valence-corrected chi connectivity index (χ0v) is 19.2. The minimum Gasteiger partial charge on any atom is -0.497 e. The standard InChI is InChI=1S/C26H24N2O5S/c1-33-19-5-2-4-18(14-19)28-34(31,32)20-12-13-24-23(15-20)21-6-3-7-22(21)25(27-24)16-8-10-17(11-9-16)26(29)30/h2-6,8-15,21-22,25,27-28H,7H2,1H3,(H,29,30)/t21-,22-,25-/m0/s1. The second-order valence-corrected chi connectivity index (χ2v) is 10.2. The molecular formula is C26H24N2O5S. The predicted molar refractivity (Wildman–Crippen MR) is 130 cm³/mol. The molecule has 0 aromatic heterocycles. The average molecular weight is 477 g/mol. The molecule has 3 aromatic carbocycles. The maximum absolute atomic E-state index is 13.1. The molecule has 3 atom stereocenters. The second-order valence-electron chi connectivity index (χ2n) is 8.49. The fourth-order valence-electron chi connectivity index (χ4n) is 4.80. The Bertz CT molecular complexity index is 1380. The van der Waals surface area contributed by atoms with Crippen LogP contribution in [0, 0.1) is 5.92 Å². The van der Waals surface area contributed by atoms with Crippen molar-refractivity contribution >= 4 is 27.4 Å². The monoisotopic (exact) mass is 476 g/mol. The molecule has 5 rings (SSSR count). The smallest absolute Gasteiger partial charge is 0.335 e. The Balaban J connectivity index is 1.45. The van der Waals surface area contributed by atoms with E-state index >= 15 is 0 Å². The predicted octanol–water partition coefficient (Wildman–Crippen LogP) is 5.02. The highest BCUT2D eigenvalue weighted by Crippen LogP contribution is 2.50. The summed E-state index contributed by atoms with van der Waals surface area (Å²) in [4.78, 5) is 11.4. The van der Waals surface area contributed by atoms with Crippen LogP contribution in [0.3, 0.4) is 0 Å². The van der Waals surface area contributed by atoms with Crippen LogP contribution >= 0.6 is 0 Å². The fourth-order valence-corrected chi connectivity index (χ4v) is 5.89. The van der Waals surface area contributed by atoms with Gasteiger partial charge in [-0.05, 0) is 65.9 Å². The van der Waals surface area contributed by atoms with Crippen LogP contribution in [0.15, 0.2) is 83.8 Å². The third kappa shape index (κ3) is 4.01. The lowest BCUT2D eigenvalue weighted by molar-refractivity contribution is 0.0697. The number of methoxy groups -OCH3 is 1. The molecule has 0 bridgehead atoms. The summed E-state index contributed by atoms with van der Waals surface area (Å²) < 4.78 is 34.0. The Hall–Kier alpha value is -3.78. The van der Waals surface area contributed by atoms with E-state index in [2.05, 4.69) is 22.2 Å². The molecule has 0 unspecified atom stereocenters. The Morgan fingerprint density at radius 2 is 1.88 bits per heavy atom. The van der Waals surface area contributed by atoms with E-state index in [1.54, 1.807) is 54.6 Å². The molecule has 174 valence electrons. The molecule has 0 radical (unpaired) electrons. The van der Waals surface area contributed by atoms with Crippen LogP contribution in [0.2, 0.25) is 0 Å². The van der Waals surface area contributed by atoms with Crippen molar-refractivity contribution in [2.45, 2.75) is 23.3 Å². The summed E-state index contributed by atoms with van der Waals surface area (Å²) in [5, 5.41) is 12.7. The van der Waals surface area contributed by atoms with E-state index in [9.17, 15) is 18.3 Å². The topological polar surface area (TPSA) is 105 Å². The van der Waals surface area contributed by atoms with E-state index in [1.165, 1.54) is 7.11 Å². The molecule has 0 spiro atoms. The quantitative estimate of drug-likeness (QED) is 0.432. The number of sulfonamides is 1. The van der Waals surface area contributed by atoms with E-state index < -0.39 is 16.0 Å². The highest BCUT2D eigenvalue weighted by atomic mass is 32.2. The molecule has 7 nitrogen and oxygen atoms in total. The molecule has 0 amide bonds. The number of fused-ring (bicyclic) bond motifs is 3. The van der Waals surface area contributed by atoms with Gasteiger partial charge in [0.15, 0.2) is 0 Å². The highest BCUT2D eigenvalue weighted by Gasteiger charge is 2.38. The Morgan fingerprint density at radius 1 is 1.09 bits per heavy atom.